The second-order valence-electron chi connectivity index (χ2n) is 5.59. The molecule has 0 radical (unpaired) electrons. The molecule has 0 aliphatic carbocycles. The summed E-state index contributed by atoms with van der Waals surface area (Å²) in [5, 5.41) is 0.672. The number of hydrogen-bond donors (Lipinski definition) is 0. The molecule has 0 saturated carbocycles. The van der Waals surface area contributed by atoms with Gasteiger partial charge in [-0.1, -0.05) is 41.9 Å². The zero-order valence-electron chi connectivity index (χ0n) is 12.4. The SMILES string of the molecule is C[C@H]1c2ccccc2CCN1C(=O)Cc1c(Cl)cccc1I. The van der Waals surface area contributed by atoms with Crippen molar-refractivity contribution in [3.63, 3.8) is 0 Å². The van der Waals surface area contributed by atoms with Crippen molar-refractivity contribution >= 4 is 40.1 Å². The van der Waals surface area contributed by atoms with Crippen LogP contribution in [0.25, 0.3) is 0 Å². The smallest absolute Gasteiger partial charge is 0.227 e. The van der Waals surface area contributed by atoms with Gasteiger partial charge in [-0.25, -0.2) is 0 Å². The third-order valence-corrected chi connectivity index (χ3v) is 5.67. The van der Waals surface area contributed by atoms with E-state index in [0.29, 0.717) is 11.4 Å². The van der Waals surface area contributed by atoms with Crippen LogP contribution in [-0.2, 0) is 17.6 Å². The van der Waals surface area contributed by atoms with Gasteiger partial charge in [0.1, 0.15) is 0 Å². The van der Waals surface area contributed by atoms with Gasteiger partial charge in [0.05, 0.1) is 12.5 Å². The molecule has 0 bridgehead atoms. The predicted octanol–water partition coefficient (Wildman–Crippen LogP) is 4.63. The van der Waals surface area contributed by atoms with Crippen LogP contribution in [0.4, 0.5) is 0 Å². The minimum absolute atomic E-state index is 0.123. The predicted molar refractivity (Wildman–Crippen MR) is 98.1 cm³/mol. The Hall–Kier alpha value is -1.07. The van der Waals surface area contributed by atoms with Crippen molar-refractivity contribution in [1.29, 1.82) is 0 Å². The highest BCUT2D eigenvalue weighted by Crippen LogP contribution is 2.30. The van der Waals surface area contributed by atoms with Gasteiger partial charge in [-0.05, 0) is 64.8 Å². The van der Waals surface area contributed by atoms with Gasteiger partial charge < -0.3 is 4.90 Å². The van der Waals surface area contributed by atoms with Gasteiger partial charge in [0.25, 0.3) is 0 Å². The van der Waals surface area contributed by atoms with Gasteiger partial charge >= 0.3 is 0 Å². The maximum Gasteiger partial charge on any atom is 0.227 e. The zero-order chi connectivity index (χ0) is 15.7. The summed E-state index contributed by atoms with van der Waals surface area (Å²) in [6.07, 6.45) is 1.29. The molecule has 0 unspecified atom stereocenters. The fourth-order valence-corrected chi connectivity index (χ4v) is 4.16. The van der Waals surface area contributed by atoms with Crippen molar-refractivity contribution in [3.05, 3.63) is 67.7 Å². The Labute approximate surface area is 149 Å². The number of amides is 1. The van der Waals surface area contributed by atoms with Gasteiger partial charge in [-0.3, -0.25) is 4.79 Å². The third-order valence-electron chi connectivity index (χ3n) is 4.30. The molecule has 4 heteroatoms. The van der Waals surface area contributed by atoms with Gasteiger partial charge in [-0.15, -0.1) is 0 Å². The van der Waals surface area contributed by atoms with E-state index < -0.39 is 0 Å². The lowest BCUT2D eigenvalue weighted by Gasteiger charge is -2.35. The Morgan fingerprint density at radius 3 is 2.82 bits per heavy atom. The van der Waals surface area contributed by atoms with E-state index >= 15 is 0 Å². The first kappa shape index (κ1) is 15.8. The lowest BCUT2D eigenvalue weighted by atomic mass is 9.93. The van der Waals surface area contributed by atoms with Crippen molar-refractivity contribution in [2.75, 3.05) is 6.54 Å². The quantitative estimate of drug-likeness (QED) is 0.642. The molecular weight excluding hydrogens is 409 g/mol. The van der Waals surface area contributed by atoms with Crippen LogP contribution >= 0.6 is 34.2 Å². The molecule has 1 aliphatic heterocycles. The fourth-order valence-electron chi connectivity index (χ4n) is 3.07. The van der Waals surface area contributed by atoms with Crippen molar-refractivity contribution in [3.8, 4) is 0 Å². The molecule has 1 heterocycles. The van der Waals surface area contributed by atoms with E-state index in [2.05, 4.69) is 47.7 Å². The Bertz CT molecular complexity index is 696. The number of carbonyl (C=O) groups excluding carboxylic acids is 1. The monoisotopic (exact) mass is 425 g/mol. The van der Waals surface area contributed by atoms with Crippen LogP contribution in [0.1, 0.15) is 29.7 Å². The summed E-state index contributed by atoms with van der Waals surface area (Å²) in [5.74, 6) is 0.146. The Kier molecular flexibility index (Phi) is 4.73. The minimum atomic E-state index is 0.123. The normalized spacial score (nSPS) is 17.2. The van der Waals surface area contributed by atoms with E-state index in [9.17, 15) is 4.79 Å². The number of carbonyl (C=O) groups is 1. The Morgan fingerprint density at radius 1 is 1.27 bits per heavy atom. The molecule has 0 saturated heterocycles. The fraction of sp³-hybridized carbons (Fsp3) is 0.278. The van der Waals surface area contributed by atoms with E-state index in [1.807, 2.05) is 29.2 Å². The van der Waals surface area contributed by atoms with E-state index in [1.54, 1.807) is 0 Å². The molecule has 0 spiro atoms. The van der Waals surface area contributed by atoms with Crippen LogP contribution in [-0.4, -0.2) is 17.4 Å². The zero-order valence-corrected chi connectivity index (χ0v) is 15.3. The van der Waals surface area contributed by atoms with Crippen LogP contribution < -0.4 is 0 Å². The van der Waals surface area contributed by atoms with E-state index in [0.717, 1.165) is 22.1 Å². The summed E-state index contributed by atoms with van der Waals surface area (Å²) < 4.78 is 1.04. The molecular formula is C18H17ClINO. The van der Waals surface area contributed by atoms with E-state index in [-0.39, 0.29) is 11.9 Å². The summed E-state index contributed by atoms with van der Waals surface area (Å²) >= 11 is 8.49. The molecule has 2 nitrogen and oxygen atoms in total. The molecule has 1 aliphatic rings. The molecule has 0 N–H and O–H groups in total. The first-order valence-electron chi connectivity index (χ1n) is 7.38. The second kappa shape index (κ2) is 6.59. The van der Waals surface area contributed by atoms with E-state index in [4.69, 9.17) is 11.6 Å². The number of benzene rings is 2. The maximum atomic E-state index is 12.8. The first-order valence-corrected chi connectivity index (χ1v) is 8.83. The van der Waals surface area contributed by atoms with Crippen LogP contribution in [0.15, 0.2) is 42.5 Å². The summed E-state index contributed by atoms with van der Waals surface area (Å²) in [5.41, 5.74) is 3.54. The highest BCUT2D eigenvalue weighted by molar-refractivity contribution is 14.1. The van der Waals surface area contributed by atoms with Gasteiger partial charge in [0.2, 0.25) is 5.91 Å². The second-order valence-corrected chi connectivity index (χ2v) is 7.16. The summed E-state index contributed by atoms with van der Waals surface area (Å²) in [7, 11) is 0. The molecule has 3 rings (SSSR count). The Balaban J connectivity index is 1.82. The highest BCUT2D eigenvalue weighted by atomic mass is 127. The average molecular weight is 426 g/mol. The van der Waals surface area contributed by atoms with Gasteiger partial charge in [-0.2, -0.15) is 0 Å². The first-order chi connectivity index (χ1) is 10.6. The van der Waals surface area contributed by atoms with Crippen LogP contribution in [0, 0.1) is 3.57 Å². The number of nitrogens with zero attached hydrogens (tertiary/aromatic N) is 1. The number of rotatable bonds is 2. The van der Waals surface area contributed by atoms with Crippen LogP contribution in [0.5, 0.6) is 0 Å². The number of halogens is 2. The van der Waals surface area contributed by atoms with Crippen molar-refractivity contribution in [1.82, 2.24) is 4.90 Å². The van der Waals surface area contributed by atoms with Crippen molar-refractivity contribution < 1.29 is 4.79 Å². The summed E-state index contributed by atoms with van der Waals surface area (Å²) in [6, 6.07) is 14.3. The van der Waals surface area contributed by atoms with E-state index in [1.165, 1.54) is 11.1 Å². The lowest BCUT2D eigenvalue weighted by molar-refractivity contribution is -0.133. The van der Waals surface area contributed by atoms with Gasteiger partial charge in [0, 0.05) is 15.1 Å². The third kappa shape index (κ3) is 3.01. The summed E-state index contributed by atoms with van der Waals surface area (Å²) in [6.45, 7) is 2.88. The Morgan fingerprint density at radius 2 is 2.05 bits per heavy atom. The van der Waals surface area contributed by atoms with Crippen molar-refractivity contribution in [2.24, 2.45) is 0 Å². The molecule has 0 fully saturated rings. The largest absolute Gasteiger partial charge is 0.335 e. The molecule has 0 aromatic heterocycles. The topological polar surface area (TPSA) is 20.3 Å². The average Bonchev–Trinajstić information content (AvgIpc) is 2.51. The minimum Gasteiger partial charge on any atom is -0.335 e. The molecule has 1 atom stereocenters. The van der Waals surface area contributed by atoms with Crippen LogP contribution in [0.2, 0.25) is 5.02 Å². The highest BCUT2D eigenvalue weighted by Gasteiger charge is 2.27. The molecule has 2 aromatic carbocycles. The van der Waals surface area contributed by atoms with Gasteiger partial charge in [0.15, 0.2) is 0 Å². The lowest BCUT2D eigenvalue weighted by Crippen LogP contribution is -2.39. The molecule has 114 valence electrons. The van der Waals surface area contributed by atoms with Crippen LogP contribution in [0.3, 0.4) is 0 Å². The molecule has 22 heavy (non-hydrogen) atoms. The molecule has 1 amide bonds. The summed E-state index contributed by atoms with van der Waals surface area (Å²) in [4.78, 5) is 14.7. The number of fused-ring (bicyclic) bond motifs is 1. The number of hydrogen-bond acceptors (Lipinski definition) is 1. The standard InChI is InChI=1S/C18H17ClINO/c1-12-14-6-3-2-5-13(14)9-10-21(12)18(22)11-15-16(19)7-4-8-17(15)20/h2-8,12H,9-11H2,1H3/t12-/m0/s1. The van der Waals surface area contributed by atoms with Crippen molar-refractivity contribution in [2.45, 2.75) is 25.8 Å². The maximum absolute atomic E-state index is 12.8. The molecule has 2 aromatic rings.